The highest BCUT2D eigenvalue weighted by atomic mass is 35.5. The lowest BCUT2D eigenvalue weighted by Crippen LogP contribution is -2.44. The van der Waals surface area contributed by atoms with Gasteiger partial charge in [-0.15, -0.1) is 11.8 Å². The smallest absolute Gasteiger partial charge is 0.269 e. The molecule has 10 heteroatoms. The summed E-state index contributed by atoms with van der Waals surface area (Å²) in [5.74, 6) is -1.02. The van der Waals surface area contributed by atoms with E-state index >= 15 is 0 Å². The van der Waals surface area contributed by atoms with Crippen molar-refractivity contribution < 1.29 is 18.0 Å². The van der Waals surface area contributed by atoms with Crippen molar-refractivity contribution in [3.05, 3.63) is 59.1 Å². The number of benzene rings is 2. The number of carbonyl (C=O) groups excluding carboxylic acids is 2. The average molecular weight is 442 g/mol. The summed E-state index contributed by atoms with van der Waals surface area (Å²) in [6.45, 7) is 1.70. The molecule has 0 aromatic heterocycles. The van der Waals surface area contributed by atoms with Crippen molar-refractivity contribution in [1.29, 1.82) is 0 Å². The van der Waals surface area contributed by atoms with E-state index in [-0.39, 0.29) is 10.5 Å². The Labute approximate surface area is 173 Å². The van der Waals surface area contributed by atoms with Gasteiger partial charge in [0.15, 0.2) is 0 Å². The molecule has 0 heterocycles. The normalized spacial score (nSPS) is 12.5. The molecule has 2 aromatic rings. The lowest BCUT2D eigenvalue weighted by Gasteiger charge is -2.14. The standard InChI is InChI=1S/C18H20ClN3O4S2/c1-12(27-15-9-7-14(19)8-10-15)17(23)20-21-18(24)13-5-4-6-16(11-13)28(25,26)22(2)3/h4-12H,1-3H3,(H,20,23)(H,21,24). The number of hydrogen-bond acceptors (Lipinski definition) is 5. The summed E-state index contributed by atoms with van der Waals surface area (Å²) in [6.07, 6.45) is 0. The minimum Gasteiger partial charge on any atom is -0.272 e. The van der Waals surface area contributed by atoms with Gasteiger partial charge in [0.05, 0.1) is 10.1 Å². The van der Waals surface area contributed by atoms with Crippen LogP contribution >= 0.6 is 23.4 Å². The second-order valence-electron chi connectivity index (χ2n) is 5.97. The molecule has 0 spiro atoms. The fourth-order valence-corrected chi connectivity index (χ4v) is 4.01. The van der Waals surface area contributed by atoms with Crippen molar-refractivity contribution in [2.24, 2.45) is 0 Å². The van der Waals surface area contributed by atoms with Crippen molar-refractivity contribution in [3.8, 4) is 0 Å². The first-order chi connectivity index (χ1) is 13.1. The summed E-state index contributed by atoms with van der Waals surface area (Å²) in [7, 11) is -0.852. The number of amides is 2. The van der Waals surface area contributed by atoms with E-state index in [1.54, 1.807) is 31.2 Å². The molecular formula is C18H20ClN3O4S2. The first kappa shape index (κ1) is 22.2. The molecule has 1 atom stereocenters. The number of hydrogen-bond donors (Lipinski definition) is 2. The number of nitrogens with zero attached hydrogens (tertiary/aromatic N) is 1. The fourth-order valence-electron chi connectivity index (χ4n) is 2.07. The number of sulfonamides is 1. The van der Waals surface area contributed by atoms with Gasteiger partial charge in [0.1, 0.15) is 0 Å². The minimum atomic E-state index is -3.66. The van der Waals surface area contributed by atoms with Crippen LogP contribution in [0.1, 0.15) is 17.3 Å². The molecule has 0 aliphatic rings. The van der Waals surface area contributed by atoms with Crippen LogP contribution in [-0.4, -0.2) is 43.9 Å². The summed E-state index contributed by atoms with van der Waals surface area (Å²) in [6, 6.07) is 12.6. The maximum absolute atomic E-state index is 12.3. The lowest BCUT2D eigenvalue weighted by atomic mass is 10.2. The van der Waals surface area contributed by atoms with Crippen LogP contribution in [0.3, 0.4) is 0 Å². The SMILES string of the molecule is CC(Sc1ccc(Cl)cc1)C(=O)NNC(=O)c1cccc(S(=O)(=O)N(C)C)c1. The number of rotatable bonds is 6. The predicted molar refractivity (Wildman–Crippen MR) is 110 cm³/mol. The molecule has 0 bridgehead atoms. The Morgan fingerprint density at radius 2 is 1.71 bits per heavy atom. The van der Waals surface area contributed by atoms with Gasteiger partial charge >= 0.3 is 0 Å². The molecule has 2 amide bonds. The van der Waals surface area contributed by atoms with Crippen LogP contribution in [0.25, 0.3) is 0 Å². The molecule has 0 aliphatic carbocycles. The summed E-state index contributed by atoms with van der Waals surface area (Å²) in [5, 5.41) is 0.133. The Kier molecular flexibility index (Phi) is 7.48. The Bertz CT molecular complexity index is 963. The lowest BCUT2D eigenvalue weighted by molar-refractivity contribution is -0.121. The number of thioether (sulfide) groups is 1. The molecule has 7 nitrogen and oxygen atoms in total. The molecule has 2 N–H and O–H groups in total. The number of carbonyl (C=O) groups is 2. The highest BCUT2D eigenvalue weighted by molar-refractivity contribution is 8.00. The zero-order valence-electron chi connectivity index (χ0n) is 15.5. The molecule has 0 radical (unpaired) electrons. The van der Waals surface area contributed by atoms with Crippen LogP contribution in [0.5, 0.6) is 0 Å². The Balaban J connectivity index is 1.98. The molecule has 150 valence electrons. The maximum Gasteiger partial charge on any atom is 0.269 e. The summed E-state index contributed by atoms with van der Waals surface area (Å²) >= 11 is 7.14. The fraction of sp³-hybridized carbons (Fsp3) is 0.222. The van der Waals surface area contributed by atoms with E-state index < -0.39 is 27.1 Å². The maximum atomic E-state index is 12.3. The molecule has 0 fully saturated rings. The zero-order chi connectivity index (χ0) is 20.9. The molecule has 0 aliphatic heterocycles. The topological polar surface area (TPSA) is 95.6 Å². The third-order valence-corrected chi connectivity index (χ3v) is 6.84. The third-order valence-electron chi connectivity index (χ3n) is 3.67. The first-order valence-electron chi connectivity index (χ1n) is 8.16. The van der Waals surface area contributed by atoms with Crippen molar-refractivity contribution in [2.45, 2.75) is 22.0 Å². The van der Waals surface area contributed by atoms with Gasteiger partial charge < -0.3 is 0 Å². The van der Waals surface area contributed by atoms with Crippen molar-refractivity contribution in [3.63, 3.8) is 0 Å². The number of hydrazine groups is 1. The van der Waals surface area contributed by atoms with Gasteiger partial charge in [0.2, 0.25) is 10.0 Å². The molecular weight excluding hydrogens is 422 g/mol. The van der Waals surface area contributed by atoms with E-state index in [0.29, 0.717) is 5.02 Å². The molecule has 2 rings (SSSR count). The van der Waals surface area contributed by atoms with Gasteiger partial charge in [-0.05, 0) is 49.4 Å². The second kappa shape index (κ2) is 9.42. The number of halogens is 1. The van der Waals surface area contributed by atoms with Crippen LogP contribution < -0.4 is 10.9 Å². The van der Waals surface area contributed by atoms with Crippen molar-refractivity contribution in [2.75, 3.05) is 14.1 Å². The first-order valence-corrected chi connectivity index (χ1v) is 10.9. The molecule has 0 saturated carbocycles. The molecule has 2 aromatic carbocycles. The van der Waals surface area contributed by atoms with Crippen molar-refractivity contribution >= 4 is 45.2 Å². The zero-order valence-corrected chi connectivity index (χ0v) is 17.9. The highest BCUT2D eigenvalue weighted by Gasteiger charge is 2.19. The Morgan fingerprint density at radius 3 is 2.32 bits per heavy atom. The molecule has 0 saturated heterocycles. The van der Waals surface area contributed by atoms with Crippen LogP contribution in [-0.2, 0) is 14.8 Å². The highest BCUT2D eigenvalue weighted by Crippen LogP contribution is 2.24. The van der Waals surface area contributed by atoms with Crippen LogP contribution in [0.15, 0.2) is 58.3 Å². The van der Waals surface area contributed by atoms with E-state index in [4.69, 9.17) is 11.6 Å². The van der Waals surface area contributed by atoms with Crippen molar-refractivity contribution in [1.82, 2.24) is 15.2 Å². The Hall–Kier alpha value is -2.07. The van der Waals surface area contributed by atoms with Gasteiger partial charge in [-0.3, -0.25) is 20.4 Å². The van der Waals surface area contributed by atoms with Crippen LogP contribution in [0.2, 0.25) is 5.02 Å². The van der Waals surface area contributed by atoms with E-state index in [2.05, 4.69) is 10.9 Å². The third kappa shape index (κ3) is 5.71. The van der Waals surface area contributed by atoms with E-state index in [0.717, 1.165) is 9.20 Å². The Morgan fingerprint density at radius 1 is 1.07 bits per heavy atom. The van der Waals surface area contributed by atoms with Gasteiger partial charge in [-0.1, -0.05) is 17.7 Å². The number of nitrogens with one attached hydrogen (secondary N) is 2. The van der Waals surface area contributed by atoms with Gasteiger partial charge in [-0.2, -0.15) is 0 Å². The largest absolute Gasteiger partial charge is 0.272 e. The molecule has 1 unspecified atom stereocenters. The molecule has 28 heavy (non-hydrogen) atoms. The van der Waals surface area contributed by atoms with E-state index in [1.165, 1.54) is 50.1 Å². The summed E-state index contributed by atoms with van der Waals surface area (Å²) < 4.78 is 25.4. The van der Waals surface area contributed by atoms with Gasteiger partial charge in [0, 0.05) is 29.6 Å². The van der Waals surface area contributed by atoms with Gasteiger partial charge in [0.25, 0.3) is 11.8 Å². The van der Waals surface area contributed by atoms with Crippen LogP contribution in [0.4, 0.5) is 0 Å². The predicted octanol–water partition coefficient (Wildman–Crippen LogP) is 2.53. The minimum absolute atomic E-state index is 0.0110. The average Bonchev–Trinajstić information content (AvgIpc) is 2.67. The van der Waals surface area contributed by atoms with E-state index in [9.17, 15) is 18.0 Å². The quantitative estimate of drug-likeness (QED) is 0.530. The summed E-state index contributed by atoms with van der Waals surface area (Å²) in [4.78, 5) is 25.3. The van der Waals surface area contributed by atoms with E-state index in [1.807, 2.05) is 0 Å². The monoisotopic (exact) mass is 441 g/mol. The van der Waals surface area contributed by atoms with Crippen LogP contribution in [0, 0.1) is 0 Å². The van der Waals surface area contributed by atoms with Gasteiger partial charge in [-0.25, -0.2) is 12.7 Å². The second-order valence-corrected chi connectivity index (χ2v) is 9.98. The summed E-state index contributed by atoms with van der Waals surface area (Å²) in [5.41, 5.74) is 4.76.